The summed E-state index contributed by atoms with van der Waals surface area (Å²) in [6.07, 6.45) is 13.0. The summed E-state index contributed by atoms with van der Waals surface area (Å²) < 4.78 is 1.51. The van der Waals surface area contributed by atoms with Gasteiger partial charge in [0.1, 0.15) is 0 Å². The molecule has 1 aliphatic rings. The molecule has 8 heteroatoms. The molecule has 0 spiro atoms. The molecule has 1 atom stereocenters. The number of halogens is 1. The van der Waals surface area contributed by atoms with E-state index < -0.39 is 6.10 Å². The number of aliphatic hydroxyl groups excluding tert-OH is 1. The molecule has 0 saturated heterocycles. The van der Waals surface area contributed by atoms with Gasteiger partial charge in [-0.05, 0) is 67.4 Å². The molecule has 3 aromatic heterocycles. The van der Waals surface area contributed by atoms with Gasteiger partial charge in [-0.1, -0.05) is 61.2 Å². The summed E-state index contributed by atoms with van der Waals surface area (Å²) in [6, 6.07) is 22.8. The van der Waals surface area contributed by atoms with Crippen LogP contribution in [0.4, 0.5) is 0 Å². The lowest BCUT2D eigenvalue weighted by Crippen LogP contribution is -2.49. The van der Waals surface area contributed by atoms with E-state index in [4.69, 9.17) is 11.4 Å². The summed E-state index contributed by atoms with van der Waals surface area (Å²) in [4.78, 5) is 17.3. The van der Waals surface area contributed by atoms with E-state index in [0.29, 0.717) is 18.6 Å². The second kappa shape index (κ2) is 13.0. The van der Waals surface area contributed by atoms with E-state index in [1.165, 1.54) is 9.96 Å². The van der Waals surface area contributed by atoms with E-state index in [-0.39, 0.29) is 23.6 Å². The number of aliphatic hydroxyl groups is 1. The van der Waals surface area contributed by atoms with Crippen molar-refractivity contribution in [2.24, 2.45) is 0 Å². The quantitative estimate of drug-likeness (QED) is 0.0935. The first kappa shape index (κ1) is 30.2. The largest absolute Gasteiger partial charge is 0.389 e. The van der Waals surface area contributed by atoms with Crippen molar-refractivity contribution in [2.45, 2.75) is 56.6 Å². The molecule has 43 heavy (non-hydrogen) atoms. The number of benzene rings is 2. The SMILES string of the molecule is C#CCCCCC(O)C(=C)CNC1(c2ccc(-c3nc4ccn5c(=O)[nH]nc5c4cc3-c3ccccc3)cc2)CCC1.Cl. The van der Waals surface area contributed by atoms with Gasteiger partial charge in [-0.2, -0.15) is 5.10 Å². The minimum absolute atomic E-state index is 0. The zero-order valence-electron chi connectivity index (χ0n) is 24.1. The molecule has 2 aromatic carbocycles. The van der Waals surface area contributed by atoms with Gasteiger partial charge < -0.3 is 10.4 Å². The van der Waals surface area contributed by atoms with Crippen LogP contribution in [0, 0.1) is 12.3 Å². The molecule has 0 aliphatic heterocycles. The predicted molar refractivity (Wildman–Crippen MR) is 175 cm³/mol. The van der Waals surface area contributed by atoms with Crippen molar-refractivity contribution in [2.75, 3.05) is 6.54 Å². The van der Waals surface area contributed by atoms with Gasteiger partial charge in [-0.15, -0.1) is 24.8 Å². The minimum atomic E-state index is -0.522. The van der Waals surface area contributed by atoms with Gasteiger partial charge in [0.2, 0.25) is 0 Å². The van der Waals surface area contributed by atoms with Crippen LogP contribution in [-0.2, 0) is 5.54 Å². The van der Waals surface area contributed by atoms with Gasteiger partial charge in [0.25, 0.3) is 0 Å². The number of fused-ring (bicyclic) bond motifs is 3. The average Bonchev–Trinajstić information content (AvgIpc) is 3.39. The second-order valence-corrected chi connectivity index (χ2v) is 11.2. The number of aromatic nitrogens is 4. The van der Waals surface area contributed by atoms with E-state index in [1.54, 1.807) is 6.20 Å². The lowest BCUT2D eigenvalue weighted by molar-refractivity contribution is 0.169. The number of nitrogens with one attached hydrogen (secondary N) is 2. The minimum Gasteiger partial charge on any atom is -0.389 e. The topological polar surface area (TPSA) is 95.3 Å². The molecule has 0 radical (unpaired) electrons. The fraction of sp³-hybridized carbons (Fsp3) is 0.286. The molecule has 220 valence electrons. The Balaban J connectivity index is 0.00000368. The molecular weight excluding hydrogens is 558 g/mol. The number of hydrogen-bond acceptors (Lipinski definition) is 5. The molecule has 1 fully saturated rings. The van der Waals surface area contributed by atoms with Crippen molar-refractivity contribution in [1.82, 2.24) is 24.9 Å². The van der Waals surface area contributed by atoms with Crippen LogP contribution in [0.2, 0.25) is 0 Å². The molecule has 5 aromatic rings. The number of pyridine rings is 2. The van der Waals surface area contributed by atoms with E-state index in [9.17, 15) is 9.90 Å². The summed E-state index contributed by atoms with van der Waals surface area (Å²) in [6.45, 7) is 4.74. The molecule has 3 N–H and O–H groups in total. The van der Waals surface area contributed by atoms with Gasteiger partial charge in [-0.3, -0.25) is 0 Å². The summed E-state index contributed by atoms with van der Waals surface area (Å²) in [5, 5.41) is 21.9. The standard InChI is InChI=1S/C35H35N5O2.ClH/c1-3-4-5-9-13-31(41)24(2)23-36-35(19-10-20-35)27-16-14-26(15-17-27)32-28(25-11-7-6-8-12-25)22-29-30(37-32)18-21-40-33(29)38-39-34(40)42;/h1,6-8,11-12,14-18,21-22,31,36,41H,2,4-5,9-10,13,19-20,23H2,(H,39,42);1H. The van der Waals surface area contributed by atoms with Crippen molar-refractivity contribution in [3.63, 3.8) is 0 Å². The van der Waals surface area contributed by atoms with Crippen molar-refractivity contribution >= 4 is 29.0 Å². The predicted octanol–water partition coefficient (Wildman–Crippen LogP) is 6.41. The van der Waals surface area contributed by atoms with Crippen molar-refractivity contribution < 1.29 is 5.11 Å². The Morgan fingerprint density at radius 2 is 1.88 bits per heavy atom. The summed E-state index contributed by atoms with van der Waals surface area (Å²) in [5.74, 6) is 2.65. The number of nitrogens with zero attached hydrogens (tertiary/aromatic N) is 3. The Kier molecular flexibility index (Phi) is 9.12. The highest BCUT2D eigenvalue weighted by Gasteiger charge is 2.38. The highest BCUT2D eigenvalue weighted by molar-refractivity contribution is 5.98. The Labute approximate surface area is 257 Å². The van der Waals surface area contributed by atoms with E-state index in [1.807, 2.05) is 24.3 Å². The molecule has 1 saturated carbocycles. The molecular formula is C35H36ClN5O2. The first-order valence-electron chi connectivity index (χ1n) is 14.6. The highest BCUT2D eigenvalue weighted by atomic mass is 35.5. The first-order valence-corrected chi connectivity index (χ1v) is 14.6. The zero-order valence-corrected chi connectivity index (χ0v) is 24.9. The van der Waals surface area contributed by atoms with Crippen molar-refractivity contribution in [3.8, 4) is 34.7 Å². The van der Waals surface area contributed by atoms with Crippen LogP contribution in [0.25, 0.3) is 38.9 Å². The Morgan fingerprint density at radius 1 is 1.12 bits per heavy atom. The summed E-state index contributed by atoms with van der Waals surface area (Å²) in [5.41, 5.74) is 6.89. The van der Waals surface area contributed by atoms with Crippen LogP contribution in [0.3, 0.4) is 0 Å². The monoisotopic (exact) mass is 593 g/mol. The average molecular weight is 594 g/mol. The number of rotatable bonds is 11. The third-order valence-corrected chi connectivity index (χ3v) is 8.56. The van der Waals surface area contributed by atoms with Crippen LogP contribution < -0.4 is 11.0 Å². The lowest BCUT2D eigenvalue weighted by Gasteiger charge is -2.44. The van der Waals surface area contributed by atoms with Crippen LogP contribution in [0.15, 0.2) is 89.9 Å². The third-order valence-electron chi connectivity index (χ3n) is 8.56. The molecule has 3 heterocycles. The van der Waals surface area contributed by atoms with Crippen LogP contribution in [0.5, 0.6) is 0 Å². The molecule has 0 bridgehead atoms. The van der Waals surface area contributed by atoms with E-state index in [2.05, 4.69) is 70.5 Å². The second-order valence-electron chi connectivity index (χ2n) is 11.2. The van der Waals surface area contributed by atoms with Gasteiger partial charge in [-0.25, -0.2) is 19.3 Å². The number of hydrogen-bond donors (Lipinski definition) is 3. The fourth-order valence-corrected chi connectivity index (χ4v) is 5.88. The molecule has 1 aliphatic carbocycles. The number of unbranched alkanes of at least 4 members (excludes halogenated alkanes) is 2. The zero-order chi connectivity index (χ0) is 29.1. The normalized spacial score (nSPS) is 14.5. The Morgan fingerprint density at radius 3 is 2.58 bits per heavy atom. The summed E-state index contributed by atoms with van der Waals surface area (Å²) >= 11 is 0. The van der Waals surface area contributed by atoms with Crippen molar-refractivity contribution in [3.05, 3.63) is 101 Å². The number of H-pyrrole nitrogens is 1. The van der Waals surface area contributed by atoms with Gasteiger partial charge >= 0.3 is 5.69 Å². The van der Waals surface area contributed by atoms with Crippen LogP contribution in [0.1, 0.15) is 50.5 Å². The fourth-order valence-electron chi connectivity index (χ4n) is 5.88. The van der Waals surface area contributed by atoms with Gasteiger partial charge in [0.15, 0.2) is 5.65 Å². The lowest BCUT2D eigenvalue weighted by atomic mass is 9.71. The smallest absolute Gasteiger partial charge is 0.347 e. The summed E-state index contributed by atoms with van der Waals surface area (Å²) in [7, 11) is 0. The number of aromatic amines is 1. The maximum absolute atomic E-state index is 12.2. The molecule has 7 nitrogen and oxygen atoms in total. The first-order chi connectivity index (χ1) is 20.5. The van der Waals surface area contributed by atoms with Crippen LogP contribution in [-0.4, -0.2) is 37.3 Å². The van der Waals surface area contributed by atoms with Gasteiger partial charge in [0.05, 0.1) is 17.3 Å². The van der Waals surface area contributed by atoms with Crippen molar-refractivity contribution in [1.29, 1.82) is 0 Å². The Bertz CT molecular complexity index is 1830. The molecule has 0 amide bonds. The maximum atomic E-state index is 12.2. The van der Waals surface area contributed by atoms with Crippen LogP contribution >= 0.6 is 12.4 Å². The highest BCUT2D eigenvalue weighted by Crippen LogP contribution is 2.42. The maximum Gasteiger partial charge on any atom is 0.347 e. The van der Waals surface area contributed by atoms with E-state index in [0.717, 1.165) is 77.4 Å². The Hall–Kier alpha value is -4.22. The number of terminal acetylenes is 1. The van der Waals surface area contributed by atoms with Gasteiger partial charge in [0, 0.05) is 41.2 Å². The molecule has 6 rings (SSSR count). The molecule has 1 unspecified atom stereocenters. The van der Waals surface area contributed by atoms with E-state index >= 15 is 0 Å². The third kappa shape index (κ3) is 6.00.